The molecule has 0 saturated heterocycles. The molecule has 0 amide bonds. The lowest BCUT2D eigenvalue weighted by Gasteiger charge is -1.93. The van der Waals surface area contributed by atoms with E-state index >= 15 is 0 Å². The zero-order valence-corrected chi connectivity index (χ0v) is 6.64. The quantitative estimate of drug-likeness (QED) is 0.680. The van der Waals surface area contributed by atoms with Crippen LogP contribution < -0.4 is 0 Å². The Morgan fingerprint density at radius 1 is 1.69 bits per heavy atom. The highest BCUT2D eigenvalue weighted by Gasteiger charge is 1.97. The summed E-state index contributed by atoms with van der Waals surface area (Å²) in [5.74, 6) is -1.05. The summed E-state index contributed by atoms with van der Waals surface area (Å²) in [6, 6.07) is 5.14. The maximum absolute atomic E-state index is 10.2. The van der Waals surface area contributed by atoms with Gasteiger partial charge in [-0.2, -0.15) is 5.26 Å². The van der Waals surface area contributed by atoms with E-state index in [1.165, 1.54) is 12.3 Å². The number of rotatable bonds is 2. The molecule has 1 aromatic heterocycles. The molecule has 0 radical (unpaired) electrons. The monoisotopic (exact) mass is 174 g/mol. The summed E-state index contributed by atoms with van der Waals surface area (Å²) in [4.78, 5) is 14.0. The summed E-state index contributed by atoms with van der Waals surface area (Å²) in [5.41, 5.74) is 0.729. The van der Waals surface area contributed by atoms with Crippen molar-refractivity contribution >= 4 is 12.0 Å². The molecule has 4 nitrogen and oxygen atoms in total. The number of aliphatic carboxylic acids is 1. The maximum atomic E-state index is 10.2. The van der Waals surface area contributed by atoms with E-state index in [0.717, 1.165) is 6.08 Å². The van der Waals surface area contributed by atoms with Crippen LogP contribution in [0.1, 0.15) is 11.3 Å². The zero-order chi connectivity index (χ0) is 9.68. The summed E-state index contributed by atoms with van der Waals surface area (Å²) < 4.78 is 0. The van der Waals surface area contributed by atoms with Crippen molar-refractivity contribution in [2.24, 2.45) is 0 Å². The highest BCUT2D eigenvalue weighted by atomic mass is 16.4. The van der Waals surface area contributed by atoms with Gasteiger partial charge in [-0.15, -0.1) is 0 Å². The average Bonchev–Trinajstić information content (AvgIpc) is 2.15. The molecule has 0 aliphatic carbocycles. The van der Waals surface area contributed by atoms with Crippen molar-refractivity contribution in [3.8, 4) is 6.07 Å². The molecular formula is C9H6N2O2. The van der Waals surface area contributed by atoms with Crippen molar-refractivity contribution in [2.45, 2.75) is 0 Å². The SMILES string of the molecule is N#Cc1ncccc1/C=C/C(=O)O. The predicted octanol–water partition coefficient (Wildman–Crippen LogP) is 1.05. The fourth-order valence-corrected chi connectivity index (χ4v) is 0.807. The molecular weight excluding hydrogens is 168 g/mol. The van der Waals surface area contributed by atoms with Gasteiger partial charge in [0.1, 0.15) is 11.8 Å². The van der Waals surface area contributed by atoms with Gasteiger partial charge in [-0.05, 0) is 12.1 Å². The van der Waals surface area contributed by atoms with Crippen LogP contribution in [0.25, 0.3) is 6.08 Å². The lowest BCUT2D eigenvalue weighted by molar-refractivity contribution is -0.131. The largest absolute Gasteiger partial charge is 0.478 e. The summed E-state index contributed by atoms with van der Waals surface area (Å²) in [7, 11) is 0. The Balaban J connectivity index is 3.02. The Kier molecular flexibility index (Phi) is 2.77. The molecule has 0 saturated carbocycles. The Hall–Kier alpha value is -2.15. The van der Waals surface area contributed by atoms with Gasteiger partial charge in [-0.3, -0.25) is 0 Å². The minimum atomic E-state index is -1.05. The molecule has 1 rings (SSSR count). The molecule has 0 unspecified atom stereocenters. The first kappa shape index (κ1) is 8.94. The van der Waals surface area contributed by atoms with Gasteiger partial charge in [-0.1, -0.05) is 6.07 Å². The van der Waals surface area contributed by atoms with Crippen molar-refractivity contribution in [3.63, 3.8) is 0 Å². The third-order valence-corrected chi connectivity index (χ3v) is 1.35. The van der Waals surface area contributed by atoms with Gasteiger partial charge in [-0.25, -0.2) is 9.78 Å². The van der Waals surface area contributed by atoms with Crippen molar-refractivity contribution in [1.29, 1.82) is 5.26 Å². The van der Waals surface area contributed by atoms with E-state index in [1.807, 2.05) is 6.07 Å². The summed E-state index contributed by atoms with van der Waals surface area (Å²) in [5, 5.41) is 16.9. The van der Waals surface area contributed by atoms with Crippen LogP contribution in [0.5, 0.6) is 0 Å². The Bertz CT molecular complexity index is 391. The fraction of sp³-hybridized carbons (Fsp3) is 0. The Labute approximate surface area is 74.8 Å². The molecule has 0 aliphatic heterocycles. The van der Waals surface area contributed by atoms with Gasteiger partial charge in [0.25, 0.3) is 0 Å². The van der Waals surface area contributed by atoms with Crippen LogP contribution in [0, 0.1) is 11.3 Å². The molecule has 0 fully saturated rings. The van der Waals surface area contributed by atoms with E-state index in [-0.39, 0.29) is 5.69 Å². The smallest absolute Gasteiger partial charge is 0.328 e. The predicted molar refractivity (Wildman–Crippen MR) is 45.6 cm³/mol. The number of pyridine rings is 1. The van der Waals surface area contributed by atoms with Gasteiger partial charge in [0.2, 0.25) is 0 Å². The van der Waals surface area contributed by atoms with Crippen molar-refractivity contribution < 1.29 is 9.90 Å². The van der Waals surface area contributed by atoms with Gasteiger partial charge in [0.15, 0.2) is 0 Å². The summed E-state index contributed by atoms with van der Waals surface area (Å²) >= 11 is 0. The van der Waals surface area contributed by atoms with E-state index in [1.54, 1.807) is 12.1 Å². The van der Waals surface area contributed by atoms with E-state index < -0.39 is 5.97 Å². The van der Waals surface area contributed by atoms with Crippen LogP contribution in [-0.4, -0.2) is 16.1 Å². The topological polar surface area (TPSA) is 74.0 Å². The highest BCUT2D eigenvalue weighted by Crippen LogP contribution is 2.05. The van der Waals surface area contributed by atoms with Gasteiger partial charge in [0.05, 0.1) is 0 Å². The Morgan fingerprint density at radius 2 is 2.46 bits per heavy atom. The molecule has 1 N–H and O–H groups in total. The number of carbonyl (C=O) groups is 1. The first-order valence-electron chi connectivity index (χ1n) is 3.50. The second-order valence-electron chi connectivity index (χ2n) is 2.22. The van der Waals surface area contributed by atoms with Crippen LogP contribution in [0.3, 0.4) is 0 Å². The number of nitriles is 1. The average molecular weight is 174 g/mol. The molecule has 0 atom stereocenters. The number of hydrogen-bond acceptors (Lipinski definition) is 3. The maximum Gasteiger partial charge on any atom is 0.328 e. The second-order valence-corrected chi connectivity index (χ2v) is 2.22. The molecule has 1 heterocycles. The van der Waals surface area contributed by atoms with Crippen LogP contribution >= 0.6 is 0 Å². The van der Waals surface area contributed by atoms with Gasteiger partial charge in [0, 0.05) is 17.8 Å². The van der Waals surface area contributed by atoms with Crippen molar-refractivity contribution in [2.75, 3.05) is 0 Å². The summed E-state index contributed by atoms with van der Waals surface area (Å²) in [6.45, 7) is 0. The van der Waals surface area contributed by atoms with E-state index in [4.69, 9.17) is 10.4 Å². The standard InChI is InChI=1S/C9H6N2O2/c10-6-8-7(2-1-5-11-8)3-4-9(12)13/h1-5H,(H,12,13)/b4-3+. The first-order chi connectivity index (χ1) is 6.24. The van der Waals surface area contributed by atoms with E-state index in [0.29, 0.717) is 5.56 Å². The highest BCUT2D eigenvalue weighted by molar-refractivity contribution is 5.85. The molecule has 0 aliphatic rings. The van der Waals surface area contributed by atoms with Crippen LogP contribution in [0.4, 0.5) is 0 Å². The molecule has 0 spiro atoms. The number of hydrogen-bond donors (Lipinski definition) is 1. The minimum absolute atomic E-state index is 0.222. The number of nitrogens with zero attached hydrogens (tertiary/aromatic N) is 2. The van der Waals surface area contributed by atoms with Gasteiger partial charge >= 0.3 is 5.97 Å². The third-order valence-electron chi connectivity index (χ3n) is 1.35. The fourth-order valence-electron chi connectivity index (χ4n) is 0.807. The zero-order valence-electron chi connectivity index (χ0n) is 6.64. The lowest BCUT2D eigenvalue weighted by atomic mass is 10.2. The van der Waals surface area contributed by atoms with Crippen LogP contribution in [-0.2, 0) is 4.79 Å². The van der Waals surface area contributed by atoms with E-state index in [2.05, 4.69) is 4.98 Å². The lowest BCUT2D eigenvalue weighted by Crippen LogP contribution is -1.89. The number of carboxylic acid groups (broad SMARTS) is 1. The molecule has 13 heavy (non-hydrogen) atoms. The minimum Gasteiger partial charge on any atom is -0.478 e. The normalized spacial score (nSPS) is 9.77. The van der Waals surface area contributed by atoms with Crippen molar-refractivity contribution in [1.82, 2.24) is 4.98 Å². The Morgan fingerprint density at radius 3 is 3.08 bits per heavy atom. The molecule has 1 aromatic rings. The molecule has 0 bridgehead atoms. The molecule has 0 aromatic carbocycles. The van der Waals surface area contributed by atoms with Crippen LogP contribution in [0.2, 0.25) is 0 Å². The first-order valence-corrected chi connectivity index (χ1v) is 3.50. The van der Waals surface area contributed by atoms with Crippen molar-refractivity contribution in [3.05, 3.63) is 35.7 Å². The third kappa shape index (κ3) is 2.42. The number of carboxylic acids is 1. The molecule has 4 heteroatoms. The molecule has 64 valence electrons. The summed E-state index contributed by atoms with van der Waals surface area (Å²) in [6.07, 6.45) is 3.79. The van der Waals surface area contributed by atoms with Gasteiger partial charge < -0.3 is 5.11 Å². The number of aromatic nitrogens is 1. The van der Waals surface area contributed by atoms with E-state index in [9.17, 15) is 4.79 Å². The van der Waals surface area contributed by atoms with Crippen LogP contribution in [0.15, 0.2) is 24.4 Å². The second kappa shape index (κ2) is 4.02.